The average Bonchev–Trinajstić information content (AvgIpc) is 3.54. The van der Waals surface area contributed by atoms with Crippen LogP contribution in [-0.2, 0) is 9.59 Å². The number of hydrogen-bond acceptors (Lipinski definition) is 4. The van der Waals surface area contributed by atoms with Crippen molar-refractivity contribution < 1.29 is 23.2 Å². The molecule has 5 fully saturated rings. The van der Waals surface area contributed by atoms with Gasteiger partial charge in [-0.25, -0.2) is 13.6 Å². The van der Waals surface area contributed by atoms with Gasteiger partial charge in [-0.15, -0.1) is 0 Å². The molecule has 1 aliphatic carbocycles. The lowest BCUT2D eigenvalue weighted by molar-refractivity contribution is -0.142. The van der Waals surface area contributed by atoms with Gasteiger partial charge in [0.25, 0.3) is 12.3 Å². The molecule has 6 rings (SSSR count). The Morgan fingerprint density at radius 3 is 2.21 bits per heavy atom. The summed E-state index contributed by atoms with van der Waals surface area (Å²) >= 11 is 0. The number of amides is 4. The van der Waals surface area contributed by atoms with E-state index in [0.717, 1.165) is 63.1 Å². The Kier molecular flexibility index (Phi) is 7.86. The quantitative estimate of drug-likeness (QED) is 0.397. The fourth-order valence-electron chi connectivity index (χ4n) is 9.25. The minimum atomic E-state index is -2.75. The SMILES string of the molecule is CC(C)N1C(=O)N(CC(F)F)C(=O)C12CC1CCC(C2)N1C[C@H]1CN(C(=O)C2(C)CCCCC2)C[C@@H]1c1ccccc1. The number of rotatable bonds is 7. The highest BCUT2D eigenvalue weighted by Crippen LogP contribution is 2.49. The summed E-state index contributed by atoms with van der Waals surface area (Å²) in [7, 11) is 0. The van der Waals surface area contributed by atoms with Gasteiger partial charge in [-0.1, -0.05) is 56.5 Å². The number of alkyl halides is 2. The van der Waals surface area contributed by atoms with Crippen LogP contribution in [0.5, 0.6) is 0 Å². The molecular formula is C33H46F2N4O3. The van der Waals surface area contributed by atoms with Crippen molar-refractivity contribution in [2.75, 3.05) is 26.2 Å². The third-order valence-corrected chi connectivity index (χ3v) is 11.2. The number of fused-ring (bicyclic) bond motifs is 2. The molecule has 4 aliphatic heterocycles. The zero-order chi connectivity index (χ0) is 29.8. The summed E-state index contributed by atoms with van der Waals surface area (Å²) in [5.74, 6) is 0.352. The van der Waals surface area contributed by atoms with Crippen LogP contribution in [0.2, 0.25) is 0 Å². The molecule has 4 amide bonds. The van der Waals surface area contributed by atoms with Crippen molar-refractivity contribution in [2.24, 2.45) is 11.3 Å². The van der Waals surface area contributed by atoms with E-state index in [-0.39, 0.29) is 35.4 Å². The van der Waals surface area contributed by atoms with Gasteiger partial charge in [-0.3, -0.25) is 19.4 Å². The minimum Gasteiger partial charge on any atom is -0.341 e. The normalized spacial score (nSPS) is 33.2. The number of likely N-dealkylation sites (tertiary alicyclic amines) is 1. The zero-order valence-corrected chi connectivity index (χ0v) is 25.3. The van der Waals surface area contributed by atoms with Crippen LogP contribution < -0.4 is 0 Å². The molecule has 42 heavy (non-hydrogen) atoms. The van der Waals surface area contributed by atoms with Crippen molar-refractivity contribution in [1.82, 2.24) is 19.6 Å². The first-order valence-corrected chi connectivity index (χ1v) is 16.1. The summed E-state index contributed by atoms with van der Waals surface area (Å²) in [5, 5.41) is 0. The van der Waals surface area contributed by atoms with Gasteiger partial charge in [0, 0.05) is 49.1 Å². The topological polar surface area (TPSA) is 64.2 Å². The number of halogens is 2. The number of benzene rings is 1. The lowest BCUT2D eigenvalue weighted by atomic mass is 9.74. The summed E-state index contributed by atoms with van der Waals surface area (Å²) in [6.07, 6.45) is 5.43. The minimum absolute atomic E-state index is 0.102. The van der Waals surface area contributed by atoms with Crippen LogP contribution in [0.3, 0.4) is 0 Å². The fourth-order valence-corrected chi connectivity index (χ4v) is 9.25. The summed E-state index contributed by atoms with van der Waals surface area (Å²) in [4.78, 5) is 48.0. The van der Waals surface area contributed by atoms with E-state index in [4.69, 9.17) is 0 Å². The summed E-state index contributed by atoms with van der Waals surface area (Å²) in [6.45, 7) is 7.34. The molecule has 0 N–H and O–H groups in total. The molecule has 230 valence electrons. The molecule has 1 saturated carbocycles. The molecule has 0 radical (unpaired) electrons. The standard InChI is InChI=1S/C33H46F2N4O3/c1-22(2)39-31(42)38(21-28(34)35)30(41)33(39)16-25-12-13-26(17-33)37(25)19-24-18-36(20-27(24)23-10-6-4-7-11-23)29(40)32(3)14-8-5-9-15-32/h4,6-7,10-11,22,24-28H,5,8-9,12-21H2,1-3H3/t24-,25?,26?,27-,33?/m1/s1. The molecule has 1 aromatic rings. The molecule has 7 nitrogen and oxygen atoms in total. The van der Waals surface area contributed by atoms with Crippen LogP contribution in [0, 0.1) is 11.3 Å². The highest BCUT2D eigenvalue weighted by Gasteiger charge is 2.63. The maximum Gasteiger partial charge on any atom is 0.328 e. The second-order valence-electron chi connectivity index (χ2n) is 14.2. The Balaban J connectivity index is 1.23. The van der Waals surface area contributed by atoms with Crippen molar-refractivity contribution in [3.8, 4) is 0 Å². The third-order valence-electron chi connectivity index (χ3n) is 11.2. The summed E-state index contributed by atoms with van der Waals surface area (Å²) in [6, 6.07) is 9.90. The molecule has 2 unspecified atom stereocenters. The van der Waals surface area contributed by atoms with Crippen LogP contribution >= 0.6 is 0 Å². The van der Waals surface area contributed by atoms with Crippen molar-refractivity contribution in [1.29, 1.82) is 0 Å². The van der Waals surface area contributed by atoms with E-state index in [9.17, 15) is 23.2 Å². The Labute approximate surface area is 248 Å². The number of piperidine rings is 1. The van der Waals surface area contributed by atoms with Gasteiger partial charge in [0.2, 0.25) is 5.91 Å². The first-order chi connectivity index (χ1) is 20.0. The van der Waals surface area contributed by atoms with Gasteiger partial charge in [0.05, 0.1) is 6.54 Å². The number of nitrogens with zero attached hydrogens (tertiary/aromatic N) is 4. The smallest absolute Gasteiger partial charge is 0.328 e. The van der Waals surface area contributed by atoms with Gasteiger partial charge < -0.3 is 9.80 Å². The van der Waals surface area contributed by atoms with Crippen molar-refractivity contribution in [2.45, 2.75) is 115 Å². The zero-order valence-electron chi connectivity index (χ0n) is 25.3. The highest BCUT2D eigenvalue weighted by atomic mass is 19.3. The molecule has 5 aliphatic rings. The van der Waals surface area contributed by atoms with Gasteiger partial charge in [-0.05, 0) is 63.9 Å². The van der Waals surface area contributed by atoms with Gasteiger partial charge in [0.1, 0.15) is 5.54 Å². The van der Waals surface area contributed by atoms with E-state index >= 15 is 0 Å². The van der Waals surface area contributed by atoms with Crippen LogP contribution in [0.4, 0.5) is 13.6 Å². The summed E-state index contributed by atoms with van der Waals surface area (Å²) < 4.78 is 26.8. The van der Waals surface area contributed by atoms with Gasteiger partial charge in [0.15, 0.2) is 0 Å². The Bertz CT molecular complexity index is 1170. The molecule has 0 aromatic heterocycles. The van der Waals surface area contributed by atoms with Crippen molar-refractivity contribution in [3.63, 3.8) is 0 Å². The lowest BCUT2D eigenvalue weighted by Gasteiger charge is -2.48. The number of carbonyl (C=O) groups excluding carboxylic acids is 3. The molecular weight excluding hydrogens is 538 g/mol. The highest BCUT2D eigenvalue weighted by molar-refractivity contribution is 6.07. The van der Waals surface area contributed by atoms with Crippen molar-refractivity contribution in [3.05, 3.63) is 35.9 Å². The first-order valence-electron chi connectivity index (χ1n) is 16.1. The maximum absolute atomic E-state index is 13.9. The third kappa shape index (κ3) is 4.93. The Hall–Kier alpha value is -2.55. The average molecular weight is 585 g/mol. The van der Waals surface area contributed by atoms with Crippen molar-refractivity contribution >= 4 is 17.8 Å². The predicted octanol–water partition coefficient (Wildman–Crippen LogP) is 5.50. The number of carbonyl (C=O) groups is 3. The van der Waals surface area contributed by atoms with E-state index in [1.807, 2.05) is 19.9 Å². The monoisotopic (exact) mass is 584 g/mol. The van der Waals surface area contributed by atoms with E-state index in [2.05, 4.69) is 41.0 Å². The number of hydrogen-bond donors (Lipinski definition) is 0. The van der Waals surface area contributed by atoms with E-state index in [1.54, 1.807) is 4.90 Å². The molecule has 4 saturated heterocycles. The molecule has 1 spiro atoms. The largest absolute Gasteiger partial charge is 0.341 e. The Morgan fingerprint density at radius 1 is 0.976 bits per heavy atom. The van der Waals surface area contributed by atoms with Gasteiger partial charge >= 0.3 is 6.03 Å². The van der Waals surface area contributed by atoms with E-state index in [1.165, 1.54) is 12.0 Å². The van der Waals surface area contributed by atoms with Crippen LogP contribution in [0.1, 0.15) is 90.0 Å². The summed E-state index contributed by atoms with van der Waals surface area (Å²) in [5.41, 5.74) is -0.0585. The number of urea groups is 1. The van der Waals surface area contributed by atoms with Crippen LogP contribution in [0.15, 0.2) is 30.3 Å². The second kappa shape index (κ2) is 11.2. The van der Waals surface area contributed by atoms with Crippen LogP contribution in [-0.4, -0.2) is 93.7 Å². The van der Waals surface area contributed by atoms with E-state index < -0.39 is 30.4 Å². The molecule has 1 aromatic carbocycles. The molecule has 2 bridgehead atoms. The maximum atomic E-state index is 13.9. The number of imide groups is 1. The second-order valence-corrected chi connectivity index (χ2v) is 14.2. The molecule has 4 heterocycles. The first kappa shape index (κ1) is 29.5. The van der Waals surface area contributed by atoms with Gasteiger partial charge in [-0.2, -0.15) is 0 Å². The van der Waals surface area contributed by atoms with E-state index in [0.29, 0.717) is 18.7 Å². The Morgan fingerprint density at radius 2 is 1.62 bits per heavy atom. The predicted molar refractivity (Wildman–Crippen MR) is 156 cm³/mol. The van der Waals surface area contributed by atoms with Crippen LogP contribution in [0.25, 0.3) is 0 Å². The molecule has 4 atom stereocenters. The lowest BCUT2D eigenvalue weighted by Crippen LogP contribution is -2.62. The molecule has 9 heteroatoms. The fraction of sp³-hybridized carbons (Fsp3) is 0.727.